The van der Waals surface area contributed by atoms with Crippen LogP contribution in [0.5, 0.6) is 0 Å². The summed E-state index contributed by atoms with van der Waals surface area (Å²) in [4.78, 5) is 35.8. The van der Waals surface area contributed by atoms with E-state index in [0.717, 1.165) is 32.1 Å². The molecule has 1 fully saturated rings. The zero-order valence-corrected chi connectivity index (χ0v) is 19.4. The molecular weight excluding hydrogens is 380 g/mol. The van der Waals surface area contributed by atoms with Gasteiger partial charge in [-0.1, -0.05) is 52.2 Å². The monoisotopic (exact) mass is 422 g/mol. The van der Waals surface area contributed by atoms with Crippen LogP contribution in [0, 0.1) is 11.3 Å². The number of allylic oxidation sites excluding steroid dienone is 2. The van der Waals surface area contributed by atoms with E-state index in [-0.39, 0.29) is 17.2 Å². The predicted octanol–water partition coefficient (Wildman–Crippen LogP) is 3.93. The molecule has 6 nitrogen and oxygen atoms in total. The van der Waals surface area contributed by atoms with Crippen molar-refractivity contribution in [3.63, 3.8) is 0 Å². The smallest absolute Gasteiger partial charge is 0.242 e. The summed E-state index contributed by atoms with van der Waals surface area (Å²) in [6.45, 7) is 9.18. The molecule has 0 aromatic carbocycles. The maximum Gasteiger partial charge on any atom is 0.242 e. The van der Waals surface area contributed by atoms with Crippen LogP contribution in [0.3, 0.4) is 0 Å². The van der Waals surface area contributed by atoms with Gasteiger partial charge in [0.15, 0.2) is 0 Å². The maximum absolute atomic E-state index is 12.3. The second-order valence-corrected chi connectivity index (χ2v) is 9.45. The first kappa shape index (κ1) is 26.3. The van der Waals surface area contributed by atoms with E-state index in [1.54, 1.807) is 6.92 Å². The van der Waals surface area contributed by atoms with Crippen molar-refractivity contribution in [1.82, 2.24) is 10.6 Å². The molecule has 1 aliphatic rings. The molecule has 30 heavy (non-hydrogen) atoms. The topological polar surface area (TPSA) is 84.5 Å². The third-order valence-electron chi connectivity index (χ3n) is 5.28. The Hall–Kier alpha value is -1.69. The molecule has 2 amide bonds. The molecule has 0 aromatic rings. The van der Waals surface area contributed by atoms with Gasteiger partial charge in [0.1, 0.15) is 12.3 Å². The van der Waals surface area contributed by atoms with Crippen molar-refractivity contribution >= 4 is 18.1 Å². The lowest BCUT2D eigenvalue weighted by molar-refractivity contribution is -0.133. The highest BCUT2D eigenvalue weighted by atomic mass is 16.5. The molecule has 1 aliphatic carbocycles. The Bertz CT molecular complexity index is 548. The third-order valence-corrected chi connectivity index (χ3v) is 5.28. The first-order valence-corrected chi connectivity index (χ1v) is 11.6. The molecule has 0 aromatic heterocycles. The summed E-state index contributed by atoms with van der Waals surface area (Å²) in [5.41, 5.74) is 0.131. The lowest BCUT2D eigenvalue weighted by Crippen LogP contribution is -2.47. The fourth-order valence-corrected chi connectivity index (χ4v) is 3.46. The van der Waals surface area contributed by atoms with Gasteiger partial charge in [-0.05, 0) is 50.9 Å². The molecule has 0 saturated heterocycles. The van der Waals surface area contributed by atoms with Gasteiger partial charge in [-0.15, -0.1) is 0 Å². The summed E-state index contributed by atoms with van der Waals surface area (Å²) >= 11 is 0. The van der Waals surface area contributed by atoms with Crippen LogP contribution in [0.15, 0.2) is 12.2 Å². The standard InChI is InChI=1S/C24H42N2O4/c1-19(22(28)25-16-11-17-30-21-13-8-5-9-14-21)26-23(29)20(18-27)12-7-6-10-15-24(2,3)4/h10,15,18-21H,5-9,11-14,16-17H2,1-4H3,(H,25,28)(H,26,29)/b15-10+/t19-,20-/m0/s1. The van der Waals surface area contributed by atoms with Crippen molar-refractivity contribution < 1.29 is 19.1 Å². The molecule has 1 saturated carbocycles. The average molecular weight is 423 g/mol. The fourth-order valence-electron chi connectivity index (χ4n) is 3.46. The summed E-state index contributed by atoms with van der Waals surface area (Å²) in [6.07, 6.45) is 14.2. The zero-order chi connectivity index (χ0) is 22.4. The van der Waals surface area contributed by atoms with Gasteiger partial charge in [0.05, 0.1) is 12.0 Å². The Morgan fingerprint density at radius 2 is 1.80 bits per heavy atom. The van der Waals surface area contributed by atoms with Crippen molar-refractivity contribution in [2.75, 3.05) is 13.2 Å². The van der Waals surface area contributed by atoms with Gasteiger partial charge in [-0.25, -0.2) is 0 Å². The molecule has 0 radical (unpaired) electrons. The molecular formula is C24H42N2O4. The minimum absolute atomic E-state index is 0.131. The number of carbonyl (C=O) groups excluding carboxylic acids is 3. The highest BCUT2D eigenvalue weighted by molar-refractivity contribution is 5.94. The number of aldehydes is 1. The van der Waals surface area contributed by atoms with Crippen LogP contribution in [-0.2, 0) is 19.1 Å². The number of unbranched alkanes of at least 4 members (excludes halogenated alkanes) is 1. The number of nitrogens with one attached hydrogen (secondary N) is 2. The molecule has 172 valence electrons. The summed E-state index contributed by atoms with van der Waals surface area (Å²) < 4.78 is 5.84. The van der Waals surface area contributed by atoms with Gasteiger partial charge >= 0.3 is 0 Å². The second-order valence-electron chi connectivity index (χ2n) is 9.45. The molecule has 0 spiro atoms. The Morgan fingerprint density at radius 3 is 2.43 bits per heavy atom. The fraction of sp³-hybridized carbons (Fsp3) is 0.792. The minimum Gasteiger partial charge on any atom is -0.378 e. The van der Waals surface area contributed by atoms with E-state index in [2.05, 4.69) is 43.6 Å². The van der Waals surface area contributed by atoms with Gasteiger partial charge in [0, 0.05) is 13.2 Å². The Kier molecular flexibility index (Phi) is 12.6. The molecule has 6 heteroatoms. The summed E-state index contributed by atoms with van der Waals surface area (Å²) in [5.74, 6) is -1.33. The van der Waals surface area contributed by atoms with Gasteiger partial charge in [0.2, 0.25) is 11.8 Å². The largest absolute Gasteiger partial charge is 0.378 e. The van der Waals surface area contributed by atoms with Gasteiger partial charge < -0.3 is 20.2 Å². The highest BCUT2D eigenvalue weighted by Gasteiger charge is 2.22. The number of carbonyl (C=O) groups is 3. The Labute approximate surface area is 182 Å². The van der Waals surface area contributed by atoms with Crippen molar-refractivity contribution in [3.8, 4) is 0 Å². The van der Waals surface area contributed by atoms with E-state index in [1.807, 2.05) is 0 Å². The summed E-state index contributed by atoms with van der Waals surface area (Å²) in [7, 11) is 0. The second kappa shape index (κ2) is 14.3. The minimum atomic E-state index is -0.716. The number of amides is 2. The van der Waals surface area contributed by atoms with E-state index in [0.29, 0.717) is 32.0 Å². The molecule has 1 rings (SSSR count). The van der Waals surface area contributed by atoms with E-state index in [4.69, 9.17) is 4.74 Å². The quantitative estimate of drug-likeness (QED) is 0.204. The zero-order valence-electron chi connectivity index (χ0n) is 19.4. The molecule has 2 N–H and O–H groups in total. The first-order chi connectivity index (χ1) is 14.2. The van der Waals surface area contributed by atoms with Crippen LogP contribution < -0.4 is 10.6 Å². The third kappa shape index (κ3) is 12.1. The van der Waals surface area contributed by atoms with Crippen molar-refractivity contribution in [3.05, 3.63) is 12.2 Å². The average Bonchev–Trinajstić information content (AvgIpc) is 2.70. The summed E-state index contributed by atoms with van der Waals surface area (Å²) in [6, 6.07) is -0.667. The number of hydrogen-bond donors (Lipinski definition) is 2. The summed E-state index contributed by atoms with van der Waals surface area (Å²) in [5, 5.41) is 5.48. The van der Waals surface area contributed by atoms with Gasteiger partial charge in [-0.3, -0.25) is 9.59 Å². The number of ether oxygens (including phenoxy) is 1. The molecule has 2 atom stereocenters. The van der Waals surface area contributed by atoms with Gasteiger partial charge in [0.25, 0.3) is 0 Å². The van der Waals surface area contributed by atoms with Crippen LogP contribution >= 0.6 is 0 Å². The highest BCUT2D eigenvalue weighted by Crippen LogP contribution is 2.20. The number of hydrogen-bond acceptors (Lipinski definition) is 4. The molecule has 0 aliphatic heterocycles. The molecule has 0 heterocycles. The number of rotatable bonds is 13. The van der Waals surface area contributed by atoms with Crippen molar-refractivity contribution in [2.24, 2.45) is 11.3 Å². The van der Waals surface area contributed by atoms with E-state index < -0.39 is 12.0 Å². The van der Waals surface area contributed by atoms with E-state index in [9.17, 15) is 14.4 Å². The normalized spacial score (nSPS) is 17.5. The first-order valence-electron chi connectivity index (χ1n) is 11.6. The van der Waals surface area contributed by atoms with E-state index >= 15 is 0 Å². The Balaban J connectivity index is 2.20. The SMILES string of the molecule is C[C@H](NC(=O)[C@H](C=O)CCC/C=C/C(C)(C)C)C(=O)NCCCOC1CCCCC1. The van der Waals surface area contributed by atoms with Crippen molar-refractivity contribution in [2.45, 2.75) is 97.6 Å². The van der Waals surface area contributed by atoms with E-state index in [1.165, 1.54) is 19.3 Å². The van der Waals surface area contributed by atoms with Crippen LogP contribution in [0.25, 0.3) is 0 Å². The molecule has 0 unspecified atom stereocenters. The van der Waals surface area contributed by atoms with Crippen LogP contribution in [0.1, 0.15) is 85.5 Å². The van der Waals surface area contributed by atoms with Crippen molar-refractivity contribution in [1.29, 1.82) is 0 Å². The maximum atomic E-state index is 12.3. The van der Waals surface area contributed by atoms with Gasteiger partial charge in [-0.2, -0.15) is 0 Å². The lowest BCUT2D eigenvalue weighted by atomic mass is 9.95. The van der Waals surface area contributed by atoms with Crippen LogP contribution in [0.2, 0.25) is 0 Å². The predicted molar refractivity (Wildman–Crippen MR) is 120 cm³/mol. The molecule has 0 bridgehead atoms. The Morgan fingerprint density at radius 1 is 1.10 bits per heavy atom. The lowest BCUT2D eigenvalue weighted by Gasteiger charge is -2.22. The van der Waals surface area contributed by atoms with Crippen LogP contribution in [0.4, 0.5) is 0 Å². The van der Waals surface area contributed by atoms with Crippen LogP contribution in [-0.4, -0.2) is 43.4 Å².